The number of phenols is 6. The van der Waals surface area contributed by atoms with Crippen molar-refractivity contribution in [1.82, 2.24) is 0 Å². The third kappa shape index (κ3) is 19.3. The Morgan fingerprint density at radius 3 is 1.20 bits per heavy atom. The minimum absolute atomic E-state index is 0.0452. The zero-order chi connectivity index (χ0) is 44.7. The van der Waals surface area contributed by atoms with E-state index in [2.05, 4.69) is 0 Å². The zero-order valence-electron chi connectivity index (χ0n) is 35.0. The molecule has 0 aliphatic rings. The fourth-order valence-electron chi connectivity index (χ4n) is 4.58. The Kier molecular flexibility index (Phi) is 23.3. The van der Waals surface area contributed by atoms with Crippen LogP contribution in [0.1, 0.15) is 89.5 Å². The van der Waals surface area contributed by atoms with E-state index in [0.717, 1.165) is 30.7 Å². The maximum absolute atomic E-state index is 12.4. The van der Waals surface area contributed by atoms with E-state index in [9.17, 15) is 23.4 Å². The molecule has 318 valence electrons. The Labute approximate surface area is 356 Å². The number of halogens is 3. The van der Waals surface area contributed by atoms with E-state index in [-0.39, 0.29) is 40.4 Å². The molecule has 0 fully saturated rings. The standard InChI is InChI=1S/2C12H10O2S.C11H13F3.C9H12O2.2C2H6/c2*13-9-5-7-10(8-6-9)15-12-4-2-1-3-11(12)14;1-7(2)9-4-8(3)5-10(6-9)11(12,13)14;1-6(2)7-3-4-8(10)9(11)5-7;2*1-2/h2*1-8,13-14H;4-7H,1-3H3;3-6,10-11H,1-2H3;2*1-2H3. The van der Waals surface area contributed by atoms with Gasteiger partial charge in [0.1, 0.15) is 23.0 Å². The lowest BCUT2D eigenvalue weighted by atomic mass is 9.98. The fraction of sp³-hybridized carbons (Fsp3) is 0.250. The van der Waals surface area contributed by atoms with E-state index in [1.54, 1.807) is 73.7 Å². The van der Waals surface area contributed by atoms with Gasteiger partial charge in [-0.15, -0.1) is 0 Å². The summed E-state index contributed by atoms with van der Waals surface area (Å²) >= 11 is 2.92. The SMILES string of the molecule is CC.CC.CC(C)c1ccc(O)c(O)c1.Cc1cc(C(C)C)cc(C(F)(F)F)c1.Oc1ccc(Sc2ccccc2O)cc1.Oc1ccc(Sc2ccccc2O)cc1. The van der Waals surface area contributed by atoms with Crippen LogP contribution in [0.3, 0.4) is 0 Å². The molecular formula is C48H57F3O6S2. The summed E-state index contributed by atoms with van der Waals surface area (Å²) in [5.41, 5.74) is 1.86. The van der Waals surface area contributed by atoms with Crippen molar-refractivity contribution in [3.05, 3.63) is 156 Å². The van der Waals surface area contributed by atoms with Gasteiger partial charge in [-0.05, 0) is 127 Å². The van der Waals surface area contributed by atoms with Gasteiger partial charge in [0.25, 0.3) is 0 Å². The van der Waals surface area contributed by atoms with Gasteiger partial charge in [0.05, 0.1) is 15.4 Å². The van der Waals surface area contributed by atoms with Gasteiger partial charge in [0.2, 0.25) is 0 Å². The molecule has 0 bridgehead atoms. The second-order valence-electron chi connectivity index (χ2n) is 12.8. The Balaban J connectivity index is 0.000000384. The maximum atomic E-state index is 12.4. The summed E-state index contributed by atoms with van der Waals surface area (Å²) in [6.07, 6.45) is -4.24. The van der Waals surface area contributed by atoms with Gasteiger partial charge >= 0.3 is 6.18 Å². The lowest BCUT2D eigenvalue weighted by molar-refractivity contribution is -0.137. The second-order valence-corrected chi connectivity index (χ2v) is 15.0. The quantitative estimate of drug-likeness (QED) is 0.0917. The van der Waals surface area contributed by atoms with E-state index in [1.807, 2.05) is 104 Å². The molecule has 11 heteroatoms. The van der Waals surface area contributed by atoms with Crippen LogP contribution in [0.2, 0.25) is 0 Å². The first-order valence-corrected chi connectivity index (χ1v) is 20.8. The predicted octanol–water partition coefficient (Wildman–Crippen LogP) is 14.9. The Hall–Kier alpha value is -5.39. The number of hydrogen-bond donors (Lipinski definition) is 6. The van der Waals surface area contributed by atoms with Crippen molar-refractivity contribution in [3.8, 4) is 34.5 Å². The highest BCUT2D eigenvalue weighted by Crippen LogP contribution is 2.36. The van der Waals surface area contributed by atoms with Crippen LogP contribution < -0.4 is 0 Å². The first kappa shape index (κ1) is 51.6. The molecule has 0 heterocycles. The van der Waals surface area contributed by atoms with Crippen molar-refractivity contribution in [2.45, 2.75) is 99.9 Å². The predicted molar refractivity (Wildman–Crippen MR) is 237 cm³/mol. The summed E-state index contributed by atoms with van der Waals surface area (Å²) < 4.78 is 37.2. The van der Waals surface area contributed by atoms with E-state index < -0.39 is 11.7 Å². The van der Waals surface area contributed by atoms with Crippen LogP contribution in [0.25, 0.3) is 0 Å². The number of phenolic OH excluding ortho intramolecular Hbond substituents is 6. The summed E-state index contributed by atoms with van der Waals surface area (Å²) in [5, 5.41) is 55.4. The molecule has 0 saturated carbocycles. The molecular weight excluding hydrogens is 794 g/mol. The average Bonchev–Trinajstić information content (AvgIpc) is 3.21. The number of aryl methyl sites for hydroxylation is 1. The van der Waals surface area contributed by atoms with Crippen LogP contribution in [0.4, 0.5) is 13.2 Å². The molecule has 59 heavy (non-hydrogen) atoms. The lowest BCUT2D eigenvalue weighted by Gasteiger charge is -2.12. The van der Waals surface area contributed by atoms with Gasteiger partial charge in [-0.3, -0.25) is 0 Å². The molecule has 0 amide bonds. The largest absolute Gasteiger partial charge is 0.508 e. The number of aromatic hydroxyl groups is 6. The first-order valence-electron chi connectivity index (χ1n) is 19.1. The van der Waals surface area contributed by atoms with Crippen LogP contribution in [0.15, 0.2) is 153 Å². The van der Waals surface area contributed by atoms with Gasteiger partial charge in [-0.2, -0.15) is 13.2 Å². The van der Waals surface area contributed by atoms with Crippen LogP contribution in [0, 0.1) is 6.92 Å². The molecule has 0 aromatic heterocycles. The number of para-hydroxylation sites is 2. The Morgan fingerprint density at radius 2 is 0.847 bits per heavy atom. The van der Waals surface area contributed by atoms with Crippen molar-refractivity contribution < 1.29 is 43.8 Å². The summed E-state index contributed by atoms with van der Waals surface area (Å²) in [4.78, 5) is 3.58. The molecule has 6 N–H and O–H groups in total. The van der Waals surface area contributed by atoms with Crippen LogP contribution in [-0.2, 0) is 6.18 Å². The summed E-state index contributed by atoms with van der Waals surface area (Å²) in [5.74, 6) is 1.43. The molecule has 0 atom stereocenters. The monoisotopic (exact) mass is 850 g/mol. The Morgan fingerprint density at radius 1 is 0.441 bits per heavy atom. The topological polar surface area (TPSA) is 121 Å². The van der Waals surface area contributed by atoms with Crippen LogP contribution >= 0.6 is 23.5 Å². The molecule has 0 saturated heterocycles. The highest BCUT2D eigenvalue weighted by molar-refractivity contribution is 7.99. The molecule has 0 spiro atoms. The van der Waals surface area contributed by atoms with Crippen molar-refractivity contribution in [1.29, 1.82) is 0 Å². The van der Waals surface area contributed by atoms with E-state index in [4.69, 9.17) is 20.4 Å². The van der Waals surface area contributed by atoms with Gasteiger partial charge < -0.3 is 30.6 Å². The van der Waals surface area contributed by atoms with Crippen molar-refractivity contribution in [2.24, 2.45) is 0 Å². The Bertz CT molecular complexity index is 2000. The van der Waals surface area contributed by atoms with Gasteiger partial charge in [-0.1, -0.05) is 121 Å². The minimum Gasteiger partial charge on any atom is -0.508 e. The molecule has 0 aliphatic carbocycles. The van der Waals surface area contributed by atoms with Crippen molar-refractivity contribution in [3.63, 3.8) is 0 Å². The fourth-order valence-corrected chi connectivity index (χ4v) is 6.27. The third-order valence-corrected chi connectivity index (χ3v) is 9.77. The highest BCUT2D eigenvalue weighted by Gasteiger charge is 2.31. The molecule has 6 aromatic rings. The van der Waals surface area contributed by atoms with Crippen molar-refractivity contribution in [2.75, 3.05) is 0 Å². The number of benzene rings is 6. The smallest absolute Gasteiger partial charge is 0.416 e. The summed E-state index contributed by atoms with van der Waals surface area (Å²) in [6, 6.07) is 37.2. The lowest BCUT2D eigenvalue weighted by Crippen LogP contribution is -2.06. The van der Waals surface area contributed by atoms with Gasteiger partial charge in [0.15, 0.2) is 11.5 Å². The van der Waals surface area contributed by atoms with E-state index >= 15 is 0 Å². The molecule has 6 aromatic carbocycles. The van der Waals surface area contributed by atoms with E-state index in [1.165, 1.54) is 41.7 Å². The third-order valence-electron chi connectivity index (χ3n) is 7.62. The average molecular weight is 851 g/mol. The molecule has 6 nitrogen and oxygen atoms in total. The second kappa shape index (κ2) is 26.6. The molecule has 0 radical (unpaired) electrons. The molecule has 0 aliphatic heterocycles. The first-order chi connectivity index (χ1) is 27.9. The minimum atomic E-state index is -4.24. The normalized spacial score (nSPS) is 10.2. The van der Waals surface area contributed by atoms with Crippen LogP contribution in [-0.4, -0.2) is 30.6 Å². The van der Waals surface area contributed by atoms with E-state index in [0.29, 0.717) is 11.5 Å². The summed E-state index contributed by atoms with van der Waals surface area (Å²) in [6.45, 7) is 17.5. The number of hydrogen-bond acceptors (Lipinski definition) is 8. The van der Waals surface area contributed by atoms with Crippen molar-refractivity contribution >= 4 is 23.5 Å². The number of alkyl halides is 3. The zero-order valence-corrected chi connectivity index (χ0v) is 36.6. The molecule has 0 unspecified atom stereocenters. The van der Waals surface area contributed by atoms with Crippen LogP contribution in [0.5, 0.6) is 34.5 Å². The van der Waals surface area contributed by atoms with Gasteiger partial charge in [0, 0.05) is 9.79 Å². The molecule has 6 rings (SSSR count). The summed E-state index contributed by atoms with van der Waals surface area (Å²) in [7, 11) is 0. The maximum Gasteiger partial charge on any atom is 0.416 e. The number of rotatable bonds is 6. The van der Waals surface area contributed by atoms with Gasteiger partial charge in [-0.25, -0.2) is 0 Å². The highest BCUT2D eigenvalue weighted by atomic mass is 32.2.